The van der Waals surface area contributed by atoms with Gasteiger partial charge in [0.1, 0.15) is 0 Å². The lowest BCUT2D eigenvalue weighted by atomic mass is 9.99. The normalized spacial score (nSPS) is 32.4. The van der Waals surface area contributed by atoms with Crippen LogP contribution in [0, 0.1) is 0 Å². The highest BCUT2D eigenvalue weighted by Crippen LogP contribution is 2.28. The largest absolute Gasteiger partial charge is 0.391 e. The number of aliphatic hydroxyl groups is 1. The van der Waals surface area contributed by atoms with E-state index in [4.69, 9.17) is 4.74 Å². The van der Waals surface area contributed by atoms with Crippen LogP contribution >= 0.6 is 0 Å². The van der Waals surface area contributed by atoms with Crippen molar-refractivity contribution in [3.05, 3.63) is 35.9 Å². The van der Waals surface area contributed by atoms with Crippen molar-refractivity contribution in [2.75, 3.05) is 13.1 Å². The number of fused-ring (bicyclic) bond motifs is 1. The highest BCUT2D eigenvalue weighted by molar-refractivity contribution is 5.13. The average molecular weight is 247 g/mol. The van der Waals surface area contributed by atoms with Crippen molar-refractivity contribution in [3.8, 4) is 0 Å². The van der Waals surface area contributed by atoms with Gasteiger partial charge in [0, 0.05) is 19.1 Å². The lowest BCUT2D eigenvalue weighted by molar-refractivity contribution is -0.0304. The molecular weight excluding hydrogens is 226 g/mol. The van der Waals surface area contributed by atoms with Gasteiger partial charge in [-0.2, -0.15) is 0 Å². The van der Waals surface area contributed by atoms with Crippen LogP contribution in [0.4, 0.5) is 0 Å². The van der Waals surface area contributed by atoms with Gasteiger partial charge in [0.05, 0.1) is 18.8 Å². The van der Waals surface area contributed by atoms with Crippen LogP contribution in [0.1, 0.15) is 24.8 Å². The second-order valence-electron chi connectivity index (χ2n) is 5.41. The molecule has 0 unspecified atom stereocenters. The van der Waals surface area contributed by atoms with Crippen LogP contribution in [0.3, 0.4) is 0 Å². The summed E-state index contributed by atoms with van der Waals surface area (Å²) < 4.78 is 5.99. The Bertz CT molecular complexity index is 381. The minimum absolute atomic E-state index is 0.111. The fraction of sp³-hybridized carbons (Fsp3) is 0.600. The van der Waals surface area contributed by atoms with Crippen molar-refractivity contribution >= 4 is 0 Å². The van der Waals surface area contributed by atoms with E-state index < -0.39 is 0 Å². The Kier molecular flexibility index (Phi) is 3.64. The molecule has 3 nitrogen and oxygen atoms in total. The minimum atomic E-state index is -0.111. The highest BCUT2D eigenvalue weighted by atomic mass is 16.5. The predicted octanol–water partition coefficient (Wildman–Crippen LogP) is 1.80. The maximum atomic E-state index is 9.84. The van der Waals surface area contributed by atoms with E-state index in [1.165, 1.54) is 5.56 Å². The van der Waals surface area contributed by atoms with E-state index in [0.717, 1.165) is 32.4 Å². The smallest absolute Gasteiger partial charge is 0.0721 e. The molecule has 1 N–H and O–H groups in total. The van der Waals surface area contributed by atoms with Crippen LogP contribution in [-0.2, 0) is 11.3 Å². The molecule has 18 heavy (non-hydrogen) atoms. The van der Waals surface area contributed by atoms with E-state index in [1.807, 2.05) is 18.2 Å². The summed E-state index contributed by atoms with van der Waals surface area (Å²) in [6.45, 7) is 2.71. The molecule has 1 aromatic carbocycles. The van der Waals surface area contributed by atoms with Crippen molar-refractivity contribution in [2.24, 2.45) is 0 Å². The zero-order chi connectivity index (χ0) is 12.4. The summed E-state index contributed by atoms with van der Waals surface area (Å²) in [5.74, 6) is 0. The molecule has 0 aliphatic carbocycles. The van der Waals surface area contributed by atoms with Crippen molar-refractivity contribution in [1.82, 2.24) is 4.90 Å². The molecule has 0 aromatic heterocycles. The Morgan fingerprint density at radius 1 is 1.17 bits per heavy atom. The third-order valence-electron chi connectivity index (χ3n) is 4.18. The van der Waals surface area contributed by atoms with Gasteiger partial charge in [0.2, 0.25) is 0 Å². The highest BCUT2D eigenvalue weighted by Gasteiger charge is 2.37. The second-order valence-corrected chi connectivity index (χ2v) is 5.41. The number of hydrogen-bond acceptors (Lipinski definition) is 3. The Labute approximate surface area is 108 Å². The molecule has 2 fully saturated rings. The molecule has 2 heterocycles. The first-order valence-corrected chi connectivity index (χ1v) is 6.90. The van der Waals surface area contributed by atoms with E-state index in [9.17, 15) is 5.11 Å². The van der Waals surface area contributed by atoms with Crippen molar-refractivity contribution in [3.63, 3.8) is 0 Å². The average Bonchev–Trinajstić information content (AvgIpc) is 2.79. The molecule has 0 spiro atoms. The monoisotopic (exact) mass is 247 g/mol. The quantitative estimate of drug-likeness (QED) is 0.884. The van der Waals surface area contributed by atoms with Gasteiger partial charge >= 0.3 is 0 Å². The Morgan fingerprint density at radius 2 is 2.00 bits per heavy atom. The topological polar surface area (TPSA) is 32.7 Å². The maximum absolute atomic E-state index is 9.84. The summed E-state index contributed by atoms with van der Waals surface area (Å²) in [4.78, 5) is 2.39. The van der Waals surface area contributed by atoms with Crippen LogP contribution in [0.25, 0.3) is 0 Å². The Morgan fingerprint density at radius 3 is 2.83 bits per heavy atom. The molecule has 0 bridgehead atoms. The molecule has 3 heteroatoms. The SMILES string of the molecule is O[C@H]1CCN2C[C@H](OCc3ccccc3)CC[C@H]12. The van der Waals surface area contributed by atoms with Gasteiger partial charge in [-0.15, -0.1) is 0 Å². The van der Waals surface area contributed by atoms with Gasteiger partial charge in [-0.1, -0.05) is 30.3 Å². The van der Waals surface area contributed by atoms with E-state index in [-0.39, 0.29) is 6.10 Å². The molecule has 1 aromatic rings. The standard InChI is InChI=1S/C15H21NO2/c17-15-8-9-16-10-13(6-7-14(15)16)18-11-12-4-2-1-3-5-12/h1-5,13-15,17H,6-11H2/t13-,14-,15+/m1/s1. The number of rotatable bonds is 3. The van der Waals surface area contributed by atoms with E-state index >= 15 is 0 Å². The molecule has 3 rings (SSSR count). The number of hydrogen-bond donors (Lipinski definition) is 1. The third kappa shape index (κ3) is 2.58. The lowest BCUT2D eigenvalue weighted by Gasteiger charge is -2.35. The summed E-state index contributed by atoms with van der Waals surface area (Å²) in [5, 5.41) is 9.84. The van der Waals surface area contributed by atoms with Gasteiger partial charge in [-0.25, -0.2) is 0 Å². The summed E-state index contributed by atoms with van der Waals surface area (Å²) in [6, 6.07) is 10.7. The third-order valence-corrected chi connectivity index (χ3v) is 4.18. The molecule has 2 aliphatic rings. The van der Waals surface area contributed by atoms with Crippen molar-refractivity contribution in [2.45, 2.75) is 44.1 Å². The van der Waals surface area contributed by atoms with Gasteiger partial charge in [0.15, 0.2) is 0 Å². The first kappa shape index (κ1) is 12.2. The molecule has 3 atom stereocenters. The lowest BCUT2D eigenvalue weighted by Crippen LogP contribution is -2.45. The van der Waals surface area contributed by atoms with E-state index in [1.54, 1.807) is 0 Å². The Balaban J connectivity index is 1.50. The van der Waals surface area contributed by atoms with E-state index in [0.29, 0.717) is 18.8 Å². The van der Waals surface area contributed by atoms with Crippen LogP contribution in [0.5, 0.6) is 0 Å². The van der Waals surface area contributed by atoms with Crippen LogP contribution < -0.4 is 0 Å². The fourth-order valence-electron chi connectivity index (χ4n) is 3.14. The number of benzene rings is 1. The summed E-state index contributed by atoms with van der Waals surface area (Å²) in [6.07, 6.45) is 3.29. The Hall–Kier alpha value is -0.900. The molecule has 2 saturated heterocycles. The van der Waals surface area contributed by atoms with Crippen molar-refractivity contribution in [1.29, 1.82) is 0 Å². The van der Waals surface area contributed by atoms with Crippen LogP contribution in [0.15, 0.2) is 30.3 Å². The maximum Gasteiger partial charge on any atom is 0.0721 e. The van der Waals surface area contributed by atoms with Gasteiger partial charge in [-0.3, -0.25) is 4.90 Å². The van der Waals surface area contributed by atoms with Gasteiger partial charge in [-0.05, 0) is 24.8 Å². The number of ether oxygens (including phenoxy) is 1. The molecule has 0 radical (unpaired) electrons. The van der Waals surface area contributed by atoms with Crippen LogP contribution in [0.2, 0.25) is 0 Å². The van der Waals surface area contributed by atoms with E-state index in [2.05, 4.69) is 17.0 Å². The first-order chi connectivity index (χ1) is 8.83. The minimum Gasteiger partial charge on any atom is -0.391 e. The summed E-state index contributed by atoms with van der Waals surface area (Å²) >= 11 is 0. The number of aliphatic hydroxyl groups excluding tert-OH is 1. The number of piperidine rings is 1. The van der Waals surface area contributed by atoms with Crippen LogP contribution in [-0.4, -0.2) is 41.3 Å². The molecule has 0 saturated carbocycles. The summed E-state index contributed by atoms with van der Waals surface area (Å²) in [5.41, 5.74) is 1.24. The summed E-state index contributed by atoms with van der Waals surface area (Å²) in [7, 11) is 0. The molecule has 2 aliphatic heterocycles. The zero-order valence-corrected chi connectivity index (χ0v) is 10.7. The van der Waals surface area contributed by atoms with Gasteiger partial charge < -0.3 is 9.84 Å². The zero-order valence-electron chi connectivity index (χ0n) is 10.7. The molecule has 98 valence electrons. The fourth-order valence-corrected chi connectivity index (χ4v) is 3.14. The molecule has 0 amide bonds. The van der Waals surface area contributed by atoms with Gasteiger partial charge in [0.25, 0.3) is 0 Å². The molecular formula is C15H21NO2. The van der Waals surface area contributed by atoms with Crippen molar-refractivity contribution < 1.29 is 9.84 Å². The number of nitrogens with zero attached hydrogens (tertiary/aromatic N) is 1. The second kappa shape index (κ2) is 5.39. The predicted molar refractivity (Wildman–Crippen MR) is 70.2 cm³/mol. The first-order valence-electron chi connectivity index (χ1n) is 6.90.